The summed E-state index contributed by atoms with van der Waals surface area (Å²) in [6.45, 7) is 4.26. The third-order valence-electron chi connectivity index (χ3n) is 7.94. The number of nitrogens with one attached hydrogen (secondary N) is 1. The van der Waals surface area contributed by atoms with Gasteiger partial charge in [-0.05, 0) is 74.9 Å². The fraction of sp³-hybridized carbons (Fsp3) is 0.483. The van der Waals surface area contributed by atoms with Gasteiger partial charge in [-0.3, -0.25) is 14.4 Å². The van der Waals surface area contributed by atoms with E-state index in [1.165, 1.54) is 23.3 Å². The summed E-state index contributed by atoms with van der Waals surface area (Å²) in [6, 6.07) is 15.2. The summed E-state index contributed by atoms with van der Waals surface area (Å²) < 4.78 is 5.69. The molecule has 5 rings (SSSR count). The van der Waals surface area contributed by atoms with Crippen molar-refractivity contribution in [3.05, 3.63) is 65.2 Å². The molecule has 37 heavy (non-hydrogen) atoms. The number of benzene rings is 2. The normalized spacial score (nSPS) is 20.5. The first-order valence-electron chi connectivity index (χ1n) is 13.4. The van der Waals surface area contributed by atoms with Gasteiger partial charge >= 0.3 is 0 Å². The molecule has 8 heteroatoms. The van der Waals surface area contributed by atoms with E-state index in [9.17, 15) is 14.4 Å². The number of fused-ring (bicyclic) bond motifs is 2. The molecule has 2 aromatic carbocycles. The first-order chi connectivity index (χ1) is 18.0. The van der Waals surface area contributed by atoms with Crippen LogP contribution in [0.4, 0.5) is 5.69 Å². The Kier molecular flexibility index (Phi) is 7.86. The molecule has 2 saturated heterocycles. The molecule has 0 saturated carbocycles. The van der Waals surface area contributed by atoms with Gasteiger partial charge in [0, 0.05) is 25.7 Å². The largest absolute Gasteiger partial charge is 0.360 e. The van der Waals surface area contributed by atoms with E-state index >= 15 is 0 Å². The van der Waals surface area contributed by atoms with Crippen molar-refractivity contribution < 1.29 is 19.1 Å². The monoisotopic (exact) mass is 504 g/mol. The zero-order valence-corrected chi connectivity index (χ0v) is 21.5. The van der Waals surface area contributed by atoms with Crippen LogP contribution in [0.15, 0.2) is 48.5 Å². The second kappa shape index (κ2) is 11.4. The number of likely N-dealkylation sites (tertiary alicyclic amines) is 1. The van der Waals surface area contributed by atoms with Crippen LogP contribution in [0, 0.1) is 5.92 Å². The Morgan fingerprint density at radius 2 is 1.81 bits per heavy atom. The van der Waals surface area contributed by atoms with Crippen molar-refractivity contribution in [2.24, 2.45) is 5.92 Å². The van der Waals surface area contributed by atoms with Gasteiger partial charge in [0.25, 0.3) is 11.8 Å². The summed E-state index contributed by atoms with van der Waals surface area (Å²) in [6.07, 6.45) is 5.05. The fourth-order valence-electron chi connectivity index (χ4n) is 5.74. The van der Waals surface area contributed by atoms with Gasteiger partial charge in [-0.25, -0.2) is 0 Å². The number of rotatable bonds is 8. The van der Waals surface area contributed by atoms with Crippen molar-refractivity contribution in [2.45, 2.75) is 38.1 Å². The number of hydrogen-bond acceptors (Lipinski definition) is 5. The highest BCUT2D eigenvalue weighted by atomic mass is 16.5. The number of carbonyl (C=O) groups excluding carboxylic acids is 3. The maximum absolute atomic E-state index is 13.0. The number of ether oxygens (including phenoxy) is 1. The molecule has 3 heterocycles. The molecule has 196 valence electrons. The fourth-order valence-corrected chi connectivity index (χ4v) is 5.74. The highest BCUT2D eigenvalue weighted by Gasteiger charge is 2.41. The molecule has 0 bridgehead atoms. The molecule has 3 aliphatic heterocycles. The van der Waals surface area contributed by atoms with E-state index in [0.717, 1.165) is 38.4 Å². The topological polar surface area (TPSA) is 82.2 Å². The van der Waals surface area contributed by atoms with Crippen LogP contribution in [0.25, 0.3) is 0 Å². The number of nitrogens with zero attached hydrogens (tertiary/aromatic N) is 3. The van der Waals surface area contributed by atoms with Gasteiger partial charge in [0.15, 0.2) is 0 Å². The summed E-state index contributed by atoms with van der Waals surface area (Å²) in [4.78, 5) is 44.2. The molecular formula is C29H36N4O4. The Hall–Kier alpha value is -3.23. The van der Waals surface area contributed by atoms with Gasteiger partial charge in [0.1, 0.15) is 12.8 Å². The molecule has 1 N–H and O–H groups in total. The lowest BCUT2D eigenvalue weighted by Crippen LogP contribution is -2.43. The lowest BCUT2D eigenvalue weighted by atomic mass is 9.90. The first-order valence-corrected chi connectivity index (χ1v) is 13.4. The average Bonchev–Trinajstić information content (AvgIpc) is 3.40. The zero-order valence-electron chi connectivity index (χ0n) is 21.5. The second-order valence-corrected chi connectivity index (χ2v) is 10.3. The van der Waals surface area contributed by atoms with E-state index in [1.807, 2.05) is 0 Å². The molecule has 3 amide bonds. The molecule has 3 aliphatic rings. The van der Waals surface area contributed by atoms with Crippen LogP contribution in [0.2, 0.25) is 0 Å². The van der Waals surface area contributed by atoms with Crippen LogP contribution < -0.4 is 10.2 Å². The van der Waals surface area contributed by atoms with E-state index < -0.39 is 6.04 Å². The molecule has 0 radical (unpaired) electrons. The van der Waals surface area contributed by atoms with Gasteiger partial charge in [-0.1, -0.05) is 30.3 Å². The molecule has 0 unspecified atom stereocenters. The molecule has 1 atom stereocenters. The maximum atomic E-state index is 13.0. The number of likely N-dealkylation sites (N-methyl/N-ethyl adjacent to an activating group) is 1. The minimum absolute atomic E-state index is 0.102. The van der Waals surface area contributed by atoms with Crippen LogP contribution in [0.5, 0.6) is 0 Å². The van der Waals surface area contributed by atoms with Gasteiger partial charge in [0.2, 0.25) is 5.91 Å². The SMILES string of the molecule is CN1C(=O)[C@H]2CCCN2C(=O)c2ccc(C(=O)NCOCCN3CCC(Cc4ccccc4)CC3)cc21. The van der Waals surface area contributed by atoms with Crippen molar-refractivity contribution in [3.63, 3.8) is 0 Å². The van der Waals surface area contributed by atoms with E-state index in [2.05, 4.69) is 40.5 Å². The van der Waals surface area contributed by atoms with Crippen LogP contribution in [0.1, 0.15) is 52.0 Å². The number of amides is 3. The lowest BCUT2D eigenvalue weighted by molar-refractivity contribution is -0.121. The van der Waals surface area contributed by atoms with Crippen LogP contribution in [-0.4, -0.2) is 80.1 Å². The Bertz CT molecular complexity index is 1130. The summed E-state index contributed by atoms with van der Waals surface area (Å²) in [7, 11) is 1.67. The van der Waals surface area contributed by atoms with Crippen molar-refractivity contribution in [2.75, 3.05) is 51.5 Å². The Balaban J connectivity index is 1.06. The third kappa shape index (κ3) is 5.70. The summed E-state index contributed by atoms with van der Waals surface area (Å²) >= 11 is 0. The molecule has 2 fully saturated rings. The predicted molar refractivity (Wildman–Crippen MR) is 142 cm³/mol. The quantitative estimate of drug-likeness (QED) is 0.442. The van der Waals surface area contributed by atoms with Crippen molar-refractivity contribution in [1.29, 1.82) is 0 Å². The number of anilines is 1. The van der Waals surface area contributed by atoms with E-state index in [1.54, 1.807) is 30.1 Å². The van der Waals surface area contributed by atoms with Crippen LogP contribution >= 0.6 is 0 Å². The molecular weight excluding hydrogens is 468 g/mol. The standard InChI is InChI=1S/C29H36N4O4/c1-31-26-19-23(9-10-24(26)28(35)33-13-5-8-25(33)29(31)36)27(34)30-20-37-17-16-32-14-11-22(12-15-32)18-21-6-3-2-4-7-21/h2-4,6-7,9-10,19,22,25H,5,8,11-18,20H2,1H3,(H,30,34)/t25-/m1/s1. The van der Waals surface area contributed by atoms with Crippen molar-refractivity contribution >= 4 is 23.4 Å². The minimum Gasteiger partial charge on any atom is -0.360 e. The smallest absolute Gasteiger partial charge is 0.256 e. The molecule has 0 aromatic heterocycles. The Labute approximate surface area is 218 Å². The van der Waals surface area contributed by atoms with Gasteiger partial charge < -0.3 is 24.8 Å². The second-order valence-electron chi connectivity index (χ2n) is 10.3. The highest BCUT2D eigenvalue weighted by Crippen LogP contribution is 2.32. The predicted octanol–water partition coefficient (Wildman–Crippen LogP) is 2.93. The summed E-state index contributed by atoms with van der Waals surface area (Å²) in [5.74, 6) is 0.202. The Morgan fingerprint density at radius 1 is 1.03 bits per heavy atom. The maximum Gasteiger partial charge on any atom is 0.256 e. The Morgan fingerprint density at radius 3 is 2.59 bits per heavy atom. The van der Waals surface area contributed by atoms with Crippen LogP contribution in [0.3, 0.4) is 0 Å². The van der Waals surface area contributed by atoms with Crippen molar-refractivity contribution in [3.8, 4) is 0 Å². The molecule has 0 aliphatic carbocycles. The zero-order chi connectivity index (χ0) is 25.8. The minimum atomic E-state index is -0.412. The van der Waals surface area contributed by atoms with Gasteiger partial charge in [-0.2, -0.15) is 0 Å². The van der Waals surface area contributed by atoms with Crippen molar-refractivity contribution in [1.82, 2.24) is 15.1 Å². The van der Waals surface area contributed by atoms with E-state index in [4.69, 9.17) is 4.74 Å². The molecule has 0 spiro atoms. The van der Waals surface area contributed by atoms with E-state index in [-0.39, 0.29) is 24.5 Å². The van der Waals surface area contributed by atoms with Crippen LogP contribution in [-0.2, 0) is 16.0 Å². The highest BCUT2D eigenvalue weighted by molar-refractivity contribution is 6.12. The summed E-state index contributed by atoms with van der Waals surface area (Å²) in [5.41, 5.74) is 2.76. The van der Waals surface area contributed by atoms with E-state index in [0.29, 0.717) is 36.4 Å². The van der Waals surface area contributed by atoms with Gasteiger partial charge in [0.05, 0.1) is 17.9 Å². The summed E-state index contributed by atoms with van der Waals surface area (Å²) in [5, 5.41) is 2.79. The van der Waals surface area contributed by atoms with Gasteiger partial charge in [-0.15, -0.1) is 0 Å². The molecule has 8 nitrogen and oxygen atoms in total. The number of piperidine rings is 1. The number of hydrogen-bond donors (Lipinski definition) is 1. The average molecular weight is 505 g/mol. The number of carbonyl (C=O) groups is 3. The lowest BCUT2D eigenvalue weighted by Gasteiger charge is -2.31. The third-order valence-corrected chi connectivity index (χ3v) is 7.94. The molecule has 2 aromatic rings. The first kappa shape index (κ1) is 25.4.